The first-order chi connectivity index (χ1) is 10.8. The summed E-state index contributed by atoms with van der Waals surface area (Å²) in [5.74, 6) is 0.470. The van der Waals surface area contributed by atoms with E-state index in [0.29, 0.717) is 27.0 Å². The number of hydrogen-bond donors (Lipinski definition) is 0. The quantitative estimate of drug-likeness (QED) is 0.858. The highest BCUT2D eigenvalue weighted by molar-refractivity contribution is 7.16. The van der Waals surface area contributed by atoms with Crippen molar-refractivity contribution in [1.82, 2.24) is 9.88 Å². The number of alkyl halides is 3. The van der Waals surface area contributed by atoms with E-state index in [1.165, 1.54) is 6.20 Å². The van der Waals surface area contributed by atoms with Gasteiger partial charge >= 0.3 is 6.18 Å². The van der Waals surface area contributed by atoms with E-state index < -0.39 is 18.6 Å². The summed E-state index contributed by atoms with van der Waals surface area (Å²) in [5, 5.41) is 0.520. The molecule has 122 valence electrons. The standard InChI is InChI=1S/C14H11F3N2O3S/c1-19(6-14(15,16)17)13(20)11-5-18-12(23-11)8-2-3-9-10(4-8)22-7-21-9/h2-5H,6-7H2,1H3. The molecule has 0 saturated carbocycles. The van der Waals surface area contributed by atoms with Gasteiger partial charge in [-0.1, -0.05) is 0 Å². The van der Waals surface area contributed by atoms with Gasteiger partial charge in [-0.25, -0.2) is 4.98 Å². The van der Waals surface area contributed by atoms with E-state index in [2.05, 4.69) is 4.98 Å². The second kappa shape index (κ2) is 5.73. The van der Waals surface area contributed by atoms with Gasteiger partial charge in [-0.05, 0) is 18.2 Å². The van der Waals surface area contributed by atoms with Crippen LogP contribution in [0, 0.1) is 0 Å². The first-order valence-corrected chi connectivity index (χ1v) is 7.33. The molecule has 0 unspecified atom stereocenters. The lowest BCUT2D eigenvalue weighted by molar-refractivity contribution is -0.138. The molecule has 1 amide bonds. The Morgan fingerprint density at radius 3 is 2.83 bits per heavy atom. The van der Waals surface area contributed by atoms with Crippen molar-refractivity contribution in [2.75, 3.05) is 20.4 Å². The third-order valence-corrected chi connectivity index (χ3v) is 4.13. The fraction of sp³-hybridized carbons (Fsp3) is 0.286. The zero-order chi connectivity index (χ0) is 16.6. The molecule has 1 aliphatic rings. The van der Waals surface area contributed by atoms with E-state index >= 15 is 0 Å². The SMILES string of the molecule is CN(CC(F)(F)F)C(=O)c1cnc(-c2ccc3c(c2)OCO3)s1. The summed E-state index contributed by atoms with van der Waals surface area (Å²) in [6.07, 6.45) is -3.16. The summed E-state index contributed by atoms with van der Waals surface area (Å²) in [4.78, 5) is 16.9. The van der Waals surface area contributed by atoms with E-state index in [1.54, 1.807) is 18.2 Å². The molecule has 0 radical (unpaired) electrons. The smallest absolute Gasteiger partial charge is 0.406 e. The number of carbonyl (C=O) groups excluding carboxylic acids is 1. The number of aromatic nitrogens is 1. The molecule has 2 aromatic rings. The van der Waals surface area contributed by atoms with E-state index in [0.717, 1.165) is 18.4 Å². The Balaban J connectivity index is 1.79. The number of benzene rings is 1. The van der Waals surface area contributed by atoms with Gasteiger partial charge in [0.2, 0.25) is 6.79 Å². The molecule has 0 bridgehead atoms. The topological polar surface area (TPSA) is 51.7 Å². The molecule has 0 spiro atoms. The molecule has 0 atom stereocenters. The Hall–Kier alpha value is -2.29. The number of rotatable bonds is 3. The highest BCUT2D eigenvalue weighted by Crippen LogP contribution is 2.37. The van der Waals surface area contributed by atoms with Crippen molar-refractivity contribution < 1.29 is 27.4 Å². The molecule has 2 heterocycles. The van der Waals surface area contributed by atoms with Crippen LogP contribution in [0.4, 0.5) is 13.2 Å². The number of hydrogen-bond acceptors (Lipinski definition) is 5. The van der Waals surface area contributed by atoms with Crippen molar-refractivity contribution in [3.05, 3.63) is 29.3 Å². The van der Waals surface area contributed by atoms with Crippen molar-refractivity contribution in [3.8, 4) is 22.1 Å². The van der Waals surface area contributed by atoms with Crippen LogP contribution in [0.3, 0.4) is 0 Å². The van der Waals surface area contributed by atoms with E-state index in [1.807, 2.05) is 0 Å². The summed E-state index contributed by atoms with van der Waals surface area (Å²) in [5.41, 5.74) is 0.705. The first kappa shape index (κ1) is 15.6. The van der Waals surface area contributed by atoms with Crippen LogP contribution < -0.4 is 9.47 Å². The minimum Gasteiger partial charge on any atom is -0.454 e. The zero-order valence-corrected chi connectivity index (χ0v) is 12.7. The van der Waals surface area contributed by atoms with Crippen LogP contribution in [0.15, 0.2) is 24.4 Å². The molecule has 0 saturated heterocycles. The molecule has 1 aromatic carbocycles. The van der Waals surface area contributed by atoms with Gasteiger partial charge in [0, 0.05) is 12.6 Å². The number of carbonyl (C=O) groups is 1. The minimum absolute atomic E-state index is 0.141. The second-order valence-electron chi connectivity index (χ2n) is 4.87. The number of halogens is 3. The van der Waals surface area contributed by atoms with E-state index in [4.69, 9.17) is 9.47 Å². The van der Waals surface area contributed by atoms with Crippen LogP contribution in [0.5, 0.6) is 11.5 Å². The average molecular weight is 344 g/mol. The molecule has 3 rings (SSSR count). The normalized spacial score (nSPS) is 13.2. The maximum absolute atomic E-state index is 12.3. The fourth-order valence-corrected chi connectivity index (χ4v) is 2.97. The second-order valence-corrected chi connectivity index (χ2v) is 5.90. The number of thiazole rings is 1. The fourth-order valence-electron chi connectivity index (χ4n) is 2.06. The van der Waals surface area contributed by atoms with Gasteiger partial charge in [-0.15, -0.1) is 11.3 Å². The van der Waals surface area contributed by atoms with Gasteiger partial charge in [-0.2, -0.15) is 13.2 Å². The molecule has 1 aromatic heterocycles. The third kappa shape index (κ3) is 3.39. The molecular formula is C14H11F3N2O3S. The third-order valence-electron chi connectivity index (χ3n) is 3.10. The highest BCUT2D eigenvalue weighted by Gasteiger charge is 2.32. The number of amides is 1. The highest BCUT2D eigenvalue weighted by atomic mass is 32.1. The van der Waals surface area contributed by atoms with Crippen LogP contribution in [0.25, 0.3) is 10.6 Å². The van der Waals surface area contributed by atoms with Crippen molar-refractivity contribution in [2.45, 2.75) is 6.18 Å². The minimum atomic E-state index is -4.44. The van der Waals surface area contributed by atoms with Crippen LogP contribution in [0.1, 0.15) is 9.67 Å². The van der Waals surface area contributed by atoms with Crippen LogP contribution in [-0.4, -0.2) is 42.4 Å². The molecule has 0 aliphatic carbocycles. The first-order valence-electron chi connectivity index (χ1n) is 6.51. The van der Waals surface area contributed by atoms with Crippen molar-refractivity contribution in [3.63, 3.8) is 0 Å². The molecule has 1 aliphatic heterocycles. The van der Waals surface area contributed by atoms with Crippen LogP contribution >= 0.6 is 11.3 Å². The van der Waals surface area contributed by atoms with Crippen molar-refractivity contribution in [2.24, 2.45) is 0 Å². The van der Waals surface area contributed by atoms with Crippen molar-refractivity contribution >= 4 is 17.2 Å². The Morgan fingerprint density at radius 1 is 1.35 bits per heavy atom. The maximum atomic E-state index is 12.3. The Labute approximate surface area is 133 Å². The van der Waals surface area contributed by atoms with E-state index in [9.17, 15) is 18.0 Å². The summed E-state index contributed by atoms with van der Waals surface area (Å²) >= 11 is 1.03. The lowest BCUT2D eigenvalue weighted by atomic mass is 10.2. The average Bonchev–Trinajstić information content (AvgIpc) is 3.12. The number of nitrogens with zero attached hydrogens (tertiary/aromatic N) is 2. The van der Waals surface area contributed by atoms with Gasteiger partial charge in [-0.3, -0.25) is 4.79 Å². The number of ether oxygens (including phenoxy) is 2. The Bertz CT molecular complexity index is 745. The van der Waals surface area contributed by atoms with Gasteiger partial charge in [0.1, 0.15) is 16.4 Å². The van der Waals surface area contributed by atoms with Gasteiger partial charge in [0.15, 0.2) is 11.5 Å². The maximum Gasteiger partial charge on any atom is 0.406 e. The van der Waals surface area contributed by atoms with Gasteiger partial charge < -0.3 is 14.4 Å². The summed E-state index contributed by atoms with van der Waals surface area (Å²) in [6, 6.07) is 5.19. The lowest BCUT2D eigenvalue weighted by Crippen LogP contribution is -2.35. The number of fused-ring (bicyclic) bond motifs is 1. The van der Waals surface area contributed by atoms with Gasteiger partial charge in [0.05, 0.1) is 6.20 Å². The molecule has 0 N–H and O–H groups in total. The molecule has 9 heteroatoms. The Kier molecular flexibility index (Phi) is 3.88. The summed E-state index contributed by atoms with van der Waals surface area (Å²) in [6.45, 7) is -1.16. The van der Waals surface area contributed by atoms with E-state index in [-0.39, 0.29) is 11.7 Å². The molecule has 5 nitrogen and oxygen atoms in total. The summed E-state index contributed by atoms with van der Waals surface area (Å²) < 4.78 is 47.5. The molecule has 23 heavy (non-hydrogen) atoms. The molecular weight excluding hydrogens is 333 g/mol. The van der Waals surface area contributed by atoms with Crippen LogP contribution in [-0.2, 0) is 0 Å². The predicted molar refractivity (Wildman–Crippen MR) is 76.7 cm³/mol. The molecule has 0 fully saturated rings. The summed E-state index contributed by atoms with van der Waals surface area (Å²) in [7, 11) is 1.11. The van der Waals surface area contributed by atoms with Crippen LogP contribution in [0.2, 0.25) is 0 Å². The van der Waals surface area contributed by atoms with Gasteiger partial charge in [0.25, 0.3) is 5.91 Å². The Morgan fingerprint density at radius 2 is 2.09 bits per heavy atom. The monoisotopic (exact) mass is 344 g/mol. The largest absolute Gasteiger partial charge is 0.454 e. The zero-order valence-electron chi connectivity index (χ0n) is 11.9. The predicted octanol–water partition coefficient (Wildman–Crippen LogP) is 3.17. The van der Waals surface area contributed by atoms with Crippen molar-refractivity contribution in [1.29, 1.82) is 0 Å². The lowest BCUT2D eigenvalue weighted by Gasteiger charge is -2.17.